The van der Waals surface area contributed by atoms with Gasteiger partial charge in [-0.1, -0.05) is 20.3 Å². The maximum atomic E-state index is 10.6. The molecule has 0 saturated heterocycles. The number of carbonyl (C=O) groups is 2. The van der Waals surface area contributed by atoms with Gasteiger partial charge < -0.3 is 10.4 Å². The minimum atomic E-state index is -0.973. The maximum absolute atomic E-state index is 10.6. The minimum absolute atomic E-state index is 0.0357. The van der Waals surface area contributed by atoms with Gasteiger partial charge in [-0.3, -0.25) is 4.79 Å². The Kier molecular flexibility index (Phi) is 4.33. The van der Waals surface area contributed by atoms with E-state index in [1.165, 1.54) is 6.92 Å². The summed E-state index contributed by atoms with van der Waals surface area (Å²) in [5.41, 5.74) is 0. The average molecular weight is 173 g/mol. The maximum Gasteiger partial charge on any atom is 0.326 e. The topological polar surface area (TPSA) is 66.4 Å². The zero-order valence-electron chi connectivity index (χ0n) is 7.63. The second kappa shape index (κ2) is 4.74. The first-order valence-corrected chi connectivity index (χ1v) is 3.99. The van der Waals surface area contributed by atoms with Gasteiger partial charge in [0, 0.05) is 6.92 Å². The standard InChI is InChI=1S/C8H15NO3/c1-4-5(2)7(8(11)12)9-6(3)10/h5,7H,4H2,1-3H3,(H,9,10)(H,11,12)/t5-,7+/m1/s1. The summed E-state index contributed by atoms with van der Waals surface area (Å²) < 4.78 is 0. The predicted octanol–water partition coefficient (Wildman–Crippen LogP) is 0.622. The van der Waals surface area contributed by atoms with Crippen LogP contribution in [0.4, 0.5) is 0 Å². The van der Waals surface area contributed by atoms with Gasteiger partial charge >= 0.3 is 5.97 Å². The number of rotatable bonds is 4. The van der Waals surface area contributed by atoms with Crippen LogP contribution < -0.4 is 5.32 Å². The first-order chi connectivity index (χ1) is 5.49. The molecule has 0 unspecified atom stereocenters. The highest BCUT2D eigenvalue weighted by atomic mass is 16.4. The summed E-state index contributed by atoms with van der Waals surface area (Å²) in [6, 6.07) is -0.757. The zero-order valence-corrected chi connectivity index (χ0v) is 7.63. The monoisotopic (exact) mass is 173 g/mol. The second-order valence-corrected chi connectivity index (χ2v) is 2.90. The van der Waals surface area contributed by atoms with Crippen molar-refractivity contribution in [2.75, 3.05) is 0 Å². The highest BCUT2D eigenvalue weighted by Gasteiger charge is 2.23. The number of aliphatic carboxylic acids is 1. The van der Waals surface area contributed by atoms with E-state index in [1.54, 1.807) is 6.92 Å². The van der Waals surface area contributed by atoms with Crippen molar-refractivity contribution >= 4 is 11.9 Å². The fourth-order valence-corrected chi connectivity index (χ4v) is 0.902. The van der Waals surface area contributed by atoms with Gasteiger partial charge in [0.1, 0.15) is 6.04 Å². The van der Waals surface area contributed by atoms with Gasteiger partial charge in [-0.2, -0.15) is 0 Å². The SMILES string of the molecule is CC[C@@H](C)[C@H](NC(C)=O)C(=O)O. The van der Waals surface area contributed by atoms with E-state index in [0.717, 1.165) is 6.42 Å². The summed E-state index contributed by atoms with van der Waals surface area (Å²) in [4.78, 5) is 21.2. The van der Waals surface area contributed by atoms with Gasteiger partial charge in [0.05, 0.1) is 0 Å². The summed E-state index contributed by atoms with van der Waals surface area (Å²) in [7, 11) is 0. The number of hydrogen-bond donors (Lipinski definition) is 2. The third kappa shape index (κ3) is 3.37. The molecule has 0 rings (SSSR count). The van der Waals surface area contributed by atoms with Crippen molar-refractivity contribution < 1.29 is 14.7 Å². The Bertz CT molecular complexity index is 179. The molecule has 0 aromatic carbocycles. The Morgan fingerprint density at radius 2 is 2.00 bits per heavy atom. The van der Waals surface area contributed by atoms with E-state index in [4.69, 9.17) is 5.11 Å². The van der Waals surface area contributed by atoms with Crippen molar-refractivity contribution in [1.29, 1.82) is 0 Å². The van der Waals surface area contributed by atoms with E-state index < -0.39 is 12.0 Å². The Morgan fingerprint density at radius 1 is 1.50 bits per heavy atom. The predicted molar refractivity (Wildman–Crippen MR) is 44.7 cm³/mol. The molecule has 0 bridgehead atoms. The lowest BCUT2D eigenvalue weighted by molar-refractivity contribution is -0.143. The van der Waals surface area contributed by atoms with Crippen LogP contribution in [0.15, 0.2) is 0 Å². The van der Waals surface area contributed by atoms with E-state index in [1.807, 2.05) is 6.92 Å². The first kappa shape index (κ1) is 10.9. The van der Waals surface area contributed by atoms with Crippen LogP contribution in [0.1, 0.15) is 27.2 Å². The zero-order chi connectivity index (χ0) is 9.72. The van der Waals surface area contributed by atoms with E-state index in [0.29, 0.717) is 0 Å². The van der Waals surface area contributed by atoms with E-state index >= 15 is 0 Å². The molecule has 0 aromatic rings. The van der Waals surface area contributed by atoms with Gasteiger partial charge in [0.2, 0.25) is 5.91 Å². The largest absolute Gasteiger partial charge is 0.480 e. The molecule has 0 aliphatic carbocycles. The normalized spacial score (nSPS) is 14.9. The Labute approximate surface area is 72.0 Å². The number of hydrogen-bond acceptors (Lipinski definition) is 2. The molecule has 2 atom stereocenters. The third-order valence-corrected chi connectivity index (χ3v) is 1.84. The second-order valence-electron chi connectivity index (χ2n) is 2.90. The molecule has 0 aliphatic rings. The molecule has 0 radical (unpaired) electrons. The lowest BCUT2D eigenvalue weighted by Crippen LogP contribution is -2.43. The molecular formula is C8H15NO3. The Hall–Kier alpha value is -1.06. The van der Waals surface area contributed by atoms with Gasteiger partial charge in [0.15, 0.2) is 0 Å². The third-order valence-electron chi connectivity index (χ3n) is 1.84. The van der Waals surface area contributed by atoms with Crippen LogP contribution >= 0.6 is 0 Å². The fraction of sp³-hybridized carbons (Fsp3) is 0.750. The smallest absolute Gasteiger partial charge is 0.326 e. The summed E-state index contributed by atoms with van der Waals surface area (Å²) >= 11 is 0. The van der Waals surface area contributed by atoms with Crippen LogP contribution in [0.3, 0.4) is 0 Å². The van der Waals surface area contributed by atoms with Crippen molar-refractivity contribution in [2.24, 2.45) is 5.92 Å². The molecule has 4 heteroatoms. The molecular weight excluding hydrogens is 158 g/mol. The highest BCUT2D eigenvalue weighted by molar-refractivity contribution is 5.82. The van der Waals surface area contributed by atoms with Crippen molar-refractivity contribution in [1.82, 2.24) is 5.32 Å². The molecule has 0 fully saturated rings. The molecule has 0 aromatic heterocycles. The average Bonchev–Trinajstić information content (AvgIpc) is 1.98. The van der Waals surface area contributed by atoms with Crippen molar-refractivity contribution in [3.05, 3.63) is 0 Å². The van der Waals surface area contributed by atoms with Gasteiger partial charge in [0.25, 0.3) is 0 Å². The van der Waals surface area contributed by atoms with Crippen LogP contribution in [-0.4, -0.2) is 23.0 Å². The van der Waals surface area contributed by atoms with Gasteiger partial charge in [-0.05, 0) is 5.92 Å². The molecule has 0 spiro atoms. The van der Waals surface area contributed by atoms with E-state index in [9.17, 15) is 9.59 Å². The summed E-state index contributed by atoms with van der Waals surface area (Å²) in [6.45, 7) is 5.01. The number of amides is 1. The van der Waals surface area contributed by atoms with Crippen LogP contribution in [0.2, 0.25) is 0 Å². The van der Waals surface area contributed by atoms with Crippen LogP contribution in [0.5, 0.6) is 0 Å². The van der Waals surface area contributed by atoms with Gasteiger partial charge in [-0.25, -0.2) is 4.79 Å². The van der Waals surface area contributed by atoms with E-state index in [2.05, 4.69) is 5.32 Å². The van der Waals surface area contributed by atoms with Crippen LogP contribution in [0, 0.1) is 5.92 Å². The number of carbonyl (C=O) groups excluding carboxylic acids is 1. The Morgan fingerprint density at radius 3 is 2.25 bits per heavy atom. The molecule has 0 saturated carbocycles. The molecule has 12 heavy (non-hydrogen) atoms. The molecule has 4 nitrogen and oxygen atoms in total. The minimum Gasteiger partial charge on any atom is -0.480 e. The van der Waals surface area contributed by atoms with Crippen LogP contribution in [-0.2, 0) is 9.59 Å². The Balaban J connectivity index is 4.22. The van der Waals surface area contributed by atoms with Crippen LogP contribution in [0.25, 0.3) is 0 Å². The summed E-state index contributed by atoms with van der Waals surface area (Å²) in [5.74, 6) is -1.31. The molecule has 70 valence electrons. The van der Waals surface area contributed by atoms with Gasteiger partial charge in [-0.15, -0.1) is 0 Å². The quantitative estimate of drug-likeness (QED) is 0.655. The summed E-state index contributed by atoms with van der Waals surface area (Å²) in [5, 5.41) is 11.1. The lowest BCUT2D eigenvalue weighted by atomic mass is 9.99. The van der Waals surface area contributed by atoms with Crippen molar-refractivity contribution in [2.45, 2.75) is 33.2 Å². The summed E-state index contributed by atoms with van der Waals surface area (Å²) in [6.07, 6.45) is 0.733. The highest BCUT2D eigenvalue weighted by Crippen LogP contribution is 2.07. The molecule has 1 amide bonds. The van der Waals surface area contributed by atoms with E-state index in [-0.39, 0.29) is 11.8 Å². The lowest BCUT2D eigenvalue weighted by Gasteiger charge is -2.18. The molecule has 0 aliphatic heterocycles. The van der Waals surface area contributed by atoms with Crippen molar-refractivity contribution in [3.8, 4) is 0 Å². The number of carboxylic acids is 1. The number of nitrogens with one attached hydrogen (secondary N) is 1. The van der Waals surface area contributed by atoms with Crippen molar-refractivity contribution in [3.63, 3.8) is 0 Å². The molecule has 0 heterocycles. The molecule has 2 N–H and O–H groups in total. The number of carboxylic acid groups (broad SMARTS) is 1. The fourth-order valence-electron chi connectivity index (χ4n) is 0.902. The first-order valence-electron chi connectivity index (χ1n) is 3.99.